The number of carbonyl (C=O) groups is 2. The van der Waals surface area contributed by atoms with E-state index in [9.17, 15) is 9.59 Å². The summed E-state index contributed by atoms with van der Waals surface area (Å²) in [6.07, 6.45) is 2.77. The predicted octanol–water partition coefficient (Wildman–Crippen LogP) is 6.65. The normalized spacial score (nSPS) is 15.0. The molecule has 0 fully saturated rings. The zero-order chi connectivity index (χ0) is 23.5. The number of hydrogen-bond donors (Lipinski definition) is 0. The minimum Gasteiger partial charge on any atom is -0.431 e. The molecule has 172 valence electrons. The van der Waals surface area contributed by atoms with Crippen LogP contribution in [0.2, 0.25) is 0 Å². The van der Waals surface area contributed by atoms with Gasteiger partial charge in [0, 0.05) is 36.8 Å². The minimum atomic E-state index is -1.30. The van der Waals surface area contributed by atoms with Crippen molar-refractivity contribution in [2.75, 3.05) is 0 Å². The lowest BCUT2D eigenvalue weighted by Gasteiger charge is -2.33. The molecule has 0 aliphatic carbocycles. The molecule has 32 heavy (non-hydrogen) atoms. The fourth-order valence-electron chi connectivity index (χ4n) is 3.52. The summed E-state index contributed by atoms with van der Waals surface area (Å²) in [5.41, 5.74) is -1.13. The van der Waals surface area contributed by atoms with Crippen LogP contribution in [0.3, 0.4) is 0 Å². The first kappa shape index (κ1) is 25.2. The van der Waals surface area contributed by atoms with Gasteiger partial charge in [-0.25, -0.2) is 0 Å². The lowest BCUT2D eigenvalue weighted by atomic mass is 9.97. The Morgan fingerprint density at radius 1 is 0.656 bits per heavy atom. The van der Waals surface area contributed by atoms with E-state index in [0.29, 0.717) is 25.7 Å². The third-order valence-corrected chi connectivity index (χ3v) is 5.14. The van der Waals surface area contributed by atoms with Gasteiger partial charge in [0.2, 0.25) is 11.4 Å². The molecule has 0 saturated carbocycles. The van der Waals surface area contributed by atoms with Gasteiger partial charge in [-0.3, -0.25) is 9.59 Å². The summed E-state index contributed by atoms with van der Waals surface area (Å²) >= 11 is 0. The molecule has 2 aromatic carbocycles. The molecule has 2 atom stereocenters. The Labute approximate surface area is 191 Å². The highest BCUT2D eigenvalue weighted by molar-refractivity contribution is 5.70. The molecule has 6 heteroatoms. The van der Waals surface area contributed by atoms with Crippen molar-refractivity contribution in [1.82, 2.24) is 0 Å². The van der Waals surface area contributed by atoms with E-state index in [2.05, 4.69) is 10.2 Å². The van der Waals surface area contributed by atoms with Crippen LogP contribution in [0.25, 0.3) is 0 Å². The number of esters is 2. The molecule has 0 bridgehead atoms. The van der Waals surface area contributed by atoms with E-state index in [1.807, 2.05) is 74.5 Å². The maximum Gasteiger partial charge on any atom is 0.308 e. The topological polar surface area (TPSA) is 77.3 Å². The summed E-state index contributed by atoms with van der Waals surface area (Å²) in [7, 11) is 0. The van der Waals surface area contributed by atoms with Crippen molar-refractivity contribution in [1.29, 1.82) is 0 Å². The Balaban J connectivity index is 2.68. The summed E-state index contributed by atoms with van der Waals surface area (Å²) in [5, 5.41) is 9.33. The number of nitrogens with zero attached hydrogens (tertiary/aromatic N) is 2. The van der Waals surface area contributed by atoms with Gasteiger partial charge in [0.25, 0.3) is 0 Å². The van der Waals surface area contributed by atoms with Gasteiger partial charge in [0.1, 0.15) is 0 Å². The van der Waals surface area contributed by atoms with Gasteiger partial charge in [-0.05, 0) is 12.8 Å². The molecule has 0 spiro atoms. The second-order valence-electron chi connectivity index (χ2n) is 7.66. The molecule has 0 amide bonds. The molecule has 0 saturated heterocycles. The van der Waals surface area contributed by atoms with Crippen molar-refractivity contribution < 1.29 is 19.1 Å². The van der Waals surface area contributed by atoms with Crippen molar-refractivity contribution in [3.63, 3.8) is 0 Å². The largest absolute Gasteiger partial charge is 0.431 e. The van der Waals surface area contributed by atoms with E-state index < -0.39 is 11.4 Å². The third kappa shape index (κ3) is 6.25. The van der Waals surface area contributed by atoms with Gasteiger partial charge in [-0.15, -0.1) is 10.2 Å². The Morgan fingerprint density at radius 2 is 1.00 bits per heavy atom. The Kier molecular flexibility index (Phi) is 9.57. The first-order valence-electron chi connectivity index (χ1n) is 11.4. The molecular weight excluding hydrogens is 404 g/mol. The fraction of sp³-hybridized carbons (Fsp3) is 0.462. The Bertz CT molecular complexity index is 812. The zero-order valence-corrected chi connectivity index (χ0v) is 19.5. The highest BCUT2D eigenvalue weighted by Crippen LogP contribution is 2.39. The van der Waals surface area contributed by atoms with E-state index >= 15 is 0 Å². The van der Waals surface area contributed by atoms with E-state index in [-0.39, 0.29) is 24.8 Å². The number of carbonyl (C=O) groups excluding carboxylic acids is 2. The Morgan fingerprint density at radius 3 is 1.28 bits per heavy atom. The van der Waals surface area contributed by atoms with Gasteiger partial charge in [0.05, 0.1) is 0 Å². The summed E-state index contributed by atoms with van der Waals surface area (Å²) in [6.45, 7) is 7.49. The number of hydrogen-bond acceptors (Lipinski definition) is 6. The quantitative estimate of drug-likeness (QED) is 0.274. The average Bonchev–Trinajstić information content (AvgIpc) is 2.83. The van der Waals surface area contributed by atoms with Gasteiger partial charge in [-0.2, -0.15) is 0 Å². The van der Waals surface area contributed by atoms with Crippen LogP contribution < -0.4 is 0 Å². The SMILES string of the molecule is CCCC(/N=N/C(CCC)(OC(=O)CC)c1ccccc1)(OC(=O)CC)c1ccccc1. The van der Waals surface area contributed by atoms with Gasteiger partial charge < -0.3 is 9.47 Å². The van der Waals surface area contributed by atoms with Gasteiger partial charge >= 0.3 is 11.9 Å². The smallest absolute Gasteiger partial charge is 0.308 e. The lowest BCUT2D eigenvalue weighted by Crippen LogP contribution is -2.34. The zero-order valence-electron chi connectivity index (χ0n) is 19.5. The molecule has 0 aromatic heterocycles. The minimum absolute atomic E-state index is 0.220. The molecule has 2 unspecified atom stereocenters. The summed E-state index contributed by atoms with van der Waals surface area (Å²) in [4.78, 5) is 24.8. The standard InChI is InChI=1S/C26H34N2O4/c1-5-19-25(31-23(29)7-3,21-15-11-9-12-16-21)27-28-26(20-6-2,32-24(30)8-4)22-17-13-10-14-18-22/h9-18H,5-8,19-20H2,1-4H3/b28-27+. The maximum atomic E-state index is 12.4. The van der Waals surface area contributed by atoms with Crippen LogP contribution in [0.15, 0.2) is 70.9 Å². The van der Waals surface area contributed by atoms with Crippen molar-refractivity contribution in [3.05, 3.63) is 71.8 Å². The van der Waals surface area contributed by atoms with Crippen molar-refractivity contribution >= 4 is 11.9 Å². The lowest BCUT2D eigenvalue weighted by molar-refractivity contribution is -0.168. The third-order valence-electron chi connectivity index (χ3n) is 5.14. The summed E-state index contributed by atoms with van der Waals surface area (Å²) in [5.74, 6) is -0.736. The van der Waals surface area contributed by atoms with E-state index in [1.165, 1.54) is 0 Å². The van der Waals surface area contributed by atoms with Crippen molar-refractivity contribution in [3.8, 4) is 0 Å². The first-order valence-corrected chi connectivity index (χ1v) is 11.4. The van der Waals surface area contributed by atoms with Gasteiger partial charge in [0.15, 0.2) is 0 Å². The first-order chi connectivity index (χ1) is 15.4. The highest BCUT2D eigenvalue weighted by atomic mass is 16.6. The summed E-state index contributed by atoms with van der Waals surface area (Å²) in [6, 6.07) is 18.8. The van der Waals surface area contributed by atoms with Crippen LogP contribution in [0, 0.1) is 0 Å². The van der Waals surface area contributed by atoms with E-state index in [4.69, 9.17) is 9.47 Å². The summed E-state index contributed by atoms with van der Waals surface area (Å²) < 4.78 is 11.8. The van der Waals surface area contributed by atoms with Crippen LogP contribution in [0.4, 0.5) is 0 Å². The molecule has 0 aliphatic heterocycles. The van der Waals surface area contributed by atoms with E-state index in [1.54, 1.807) is 13.8 Å². The molecule has 0 radical (unpaired) electrons. The molecule has 6 nitrogen and oxygen atoms in total. The number of azo groups is 1. The Hall–Kier alpha value is -3.02. The second kappa shape index (κ2) is 12.1. The second-order valence-corrected chi connectivity index (χ2v) is 7.66. The van der Waals surface area contributed by atoms with Crippen LogP contribution >= 0.6 is 0 Å². The monoisotopic (exact) mass is 438 g/mol. The molecule has 2 rings (SSSR count). The van der Waals surface area contributed by atoms with Crippen LogP contribution in [-0.2, 0) is 30.5 Å². The van der Waals surface area contributed by atoms with Crippen molar-refractivity contribution in [2.45, 2.75) is 77.7 Å². The van der Waals surface area contributed by atoms with E-state index in [0.717, 1.165) is 11.1 Å². The number of rotatable bonds is 12. The van der Waals surface area contributed by atoms with Crippen LogP contribution in [-0.4, -0.2) is 11.9 Å². The van der Waals surface area contributed by atoms with Crippen molar-refractivity contribution in [2.24, 2.45) is 10.2 Å². The predicted molar refractivity (Wildman–Crippen MR) is 124 cm³/mol. The van der Waals surface area contributed by atoms with Crippen LogP contribution in [0.5, 0.6) is 0 Å². The molecular formula is C26H34N2O4. The van der Waals surface area contributed by atoms with Crippen LogP contribution in [0.1, 0.15) is 77.3 Å². The molecule has 2 aromatic rings. The average molecular weight is 439 g/mol. The molecule has 0 heterocycles. The number of ether oxygens (including phenoxy) is 2. The maximum absolute atomic E-state index is 12.4. The molecule has 0 aliphatic rings. The highest BCUT2D eigenvalue weighted by Gasteiger charge is 2.40. The molecule has 0 N–H and O–H groups in total. The fourth-order valence-corrected chi connectivity index (χ4v) is 3.52. The number of benzene rings is 2. The van der Waals surface area contributed by atoms with Gasteiger partial charge in [-0.1, -0.05) is 88.4 Å².